The lowest BCUT2D eigenvalue weighted by molar-refractivity contribution is -0.123. The zero-order chi connectivity index (χ0) is 18.1. The molecule has 0 aliphatic heterocycles. The van der Waals surface area contributed by atoms with Crippen molar-refractivity contribution in [2.24, 2.45) is 0 Å². The number of aryl methyl sites for hydroxylation is 1. The monoisotopic (exact) mass is 344 g/mol. The zero-order valence-corrected chi connectivity index (χ0v) is 14.0. The Balaban J connectivity index is 1.77. The van der Waals surface area contributed by atoms with Gasteiger partial charge in [-0.1, -0.05) is 12.1 Å². The number of rotatable bonds is 8. The van der Waals surface area contributed by atoms with Crippen LogP contribution in [0.2, 0.25) is 0 Å². The summed E-state index contributed by atoms with van der Waals surface area (Å²) in [6.45, 7) is 2.35. The predicted octanol–water partition coefficient (Wildman–Crippen LogP) is 2.91. The topological polar surface area (TPSA) is 67.4 Å². The van der Waals surface area contributed by atoms with E-state index in [0.717, 1.165) is 5.56 Å². The first-order valence-electron chi connectivity index (χ1n) is 8.10. The van der Waals surface area contributed by atoms with E-state index < -0.39 is 0 Å². The molecule has 2 aromatic carbocycles. The van der Waals surface area contributed by atoms with Crippen LogP contribution in [0.15, 0.2) is 48.5 Å². The number of halogens is 1. The van der Waals surface area contributed by atoms with Crippen molar-refractivity contribution in [2.45, 2.75) is 19.8 Å². The number of ether oxygens (including phenoxy) is 1. The van der Waals surface area contributed by atoms with Crippen molar-refractivity contribution in [3.05, 3.63) is 59.9 Å². The molecule has 0 saturated heterocycles. The molecule has 0 aromatic heterocycles. The Morgan fingerprint density at radius 1 is 1.00 bits per heavy atom. The predicted molar refractivity (Wildman–Crippen MR) is 94.0 cm³/mol. The molecule has 0 aliphatic rings. The minimum absolute atomic E-state index is 0.0444. The normalized spacial score (nSPS) is 10.2. The van der Waals surface area contributed by atoms with Crippen LogP contribution in [-0.4, -0.2) is 25.0 Å². The minimum Gasteiger partial charge on any atom is -0.484 e. The molecule has 132 valence electrons. The second kappa shape index (κ2) is 9.42. The van der Waals surface area contributed by atoms with E-state index in [1.54, 1.807) is 36.4 Å². The van der Waals surface area contributed by atoms with Crippen LogP contribution in [0.1, 0.15) is 18.9 Å². The molecular formula is C19H21FN2O3. The molecule has 2 aromatic rings. The van der Waals surface area contributed by atoms with E-state index in [4.69, 9.17) is 4.74 Å². The van der Waals surface area contributed by atoms with Gasteiger partial charge in [-0.05, 0) is 55.3 Å². The molecule has 6 heteroatoms. The smallest absolute Gasteiger partial charge is 0.257 e. The number of carbonyl (C=O) groups excluding carboxylic acids is 2. The number of carbonyl (C=O) groups is 2. The van der Waals surface area contributed by atoms with Crippen LogP contribution in [0.5, 0.6) is 5.75 Å². The van der Waals surface area contributed by atoms with Gasteiger partial charge in [-0.3, -0.25) is 9.59 Å². The Kier molecular flexibility index (Phi) is 6.95. The summed E-state index contributed by atoms with van der Waals surface area (Å²) in [6, 6.07) is 12.9. The Bertz CT molecular complexity index is 700. The Labute approximate surface area is 146 Å². The molecule has 0 saturated carbocycles. The van der Waals surface area contributed by atoms with E-state index in [-0.39, 0.29) is 24.2 Å². The van der Waals surface area contributed by atoms with E-state index in [0.29, 0.717) is 30.8 Å². The number of anilines is 1. The lowest BCUT2D eigenvalue weighted by Gasteiger charge is -2.08. The van der Waals surface area contributed by atoms with Crippen LogP contribution in [0, 0.1) is 5.82 Å². The number of hydrogen-bond donors (Lipinski definition) is 2. The molecule has 5 nitrogen and oxygen atoms in total. The molecule has 0 spiro atoms. The lowest BCUT2D eigenvalue weighted by Crippen LogP contribution is -2.28. The van der Waals surface area contributed by atoms with Crippen molar-refractivity contribution in [3.63, 3.8) is 0 Å². The van der Waals surface area contributed by atoms with Gasteiger partial charge >= 0.3 is 0 Å². The molecule has 2 rings (SSSR count). The van der Waals surface area contributed by atoms with Gasteiger partial charge in [0.15, 0.2) is 6.61 Å². The Morgan fingerprint density at radius 2 is 1.68 bits per heavy atom. The molecule has 25 heavy (non-hydrogen) atoms. The zero-order valence-electron chi connectivity index (χ0n) is 14.0. The first-order valence-corrected chi connectivity index (χ1v) is 8.10. The van der Waals surface area contributed by atoms with E-state index >= 15 is 0 Å². The van der Waals surface area contributed by atoms with Gasteiger partial charge in [-0.15, -0.1) is 0 Å². The van der Waals surface area contributed by atoms with E-state index in [1.165, 1.54) is 12.1 Å². The Hall–Kier alpha value is -2.89. The van der Waals surface area contributed by atoms with Crippen molar-refractivity contribution >= 4 is 17.5 Å². The molecule has 0 radical (unpaired) electrons. The van der Waals surface area contributed by atoms with Crippen molar-refractivity contribution in [1.29, 1.82) is 0 Å². The van der Waals surface area contributed by atoms with Crippen molar-refractivity contribution < 1.29 is 18.7 Å². The summed E-state index contributed by atoms with van der Waals surface area (Å²) in [5.74, 6) is -0.0424. The number of nitrogens with one attached hydrogen (secondary N) is 2. The number of likely N-dealkylation sites (N-methyl/N-ethyl adjacent to an activating group) is 1. The van der Waals surface area contributed by atoms with Gasteiger partial charge in [0.1, 0.15) is 11.6 Å². The van der Waals surface area contributed by atoms with Gasteiger partial charge in [0, 0.05) is 18.7 Å². The standard InChI is InChI=1S/C19H21FN2O3/c1-2-21-19(24)13-25-17-10-8-16(9-11-17)22-18(23)12-5-14-3-6-15(20)7-4-14/h3-4,6-11H,2,5,12-13H2,1H3,(H,21,24)(H,22,23). The lowest BCUT2D eigenvalue weighted by atomic mass is 10.1. The van der Waals surface area contributed by atoms with Crippen LogP contribution in [-0.2, 0) is 16.0 Å². The molecule has 0 atom stereocenters. The van der Waals surface area contributed by atoms with Crippen molar-refractivity contribution in [2.75, 3.05) is 18.5 Å². The molecule has 0 fully saturated rings. The molecule has 0 aliphatic carbocycles. The third-order valence-corrected chi connectivity index (χ3v) is 3.44. The largest absolute Gasteiger partial charge is 0.484 e. The van der Waals surface area contributed by atoms with Crippen LogP contribution >= 0.6 is 0 Å². The summed E-state index contributed by atoms with van der Waals surface area (Å²) >= 11 is 0. The number of benzene rings is 2. The summed E-state index contributed by atoms with van der Waals surface area (Å²) in [4.78, 5) is 23.3. The summed E-state index contributed by atoms with van der Waals surface area (Å²) < 4.78 is 18.2. The first kappa shape index (κ1) is 18.4. The average Bonchev–Trinajstić information content (AvgIpc) is 2.61. The molecule has 2 N–H and O–H groups in total. The summed E-state index contributed by atoms with van der Waals surface area (Å²) in [7, 11) is 0. The molecular weight excluding hydrogens is 323 g/mol. The second-order valence-electron chi connectivity index (χ2n) is 5.44. The fourth-order valence-electron chi connectivity index (χ4n) is 2.16. The Morgan fingerprint density at radius 3 is 2.32 bits per heavy atom. The van der Waals surface area contributed by atoms with Gasteiger partial charge in [-0.2, -0.15) is 0 Å². The first-order chi connectivity index (χ1) is 12.1. The van der Waals surface area contributed by atoms with E-state index in [1.807, 2.05) is 6.92 Å². The molecule has 2 amide bonds. The minimum atomic E-state index is -0.289. The van der Waals surface area contributed by atoms with Crippen molar-refractivity contribution in [1.82, 2.24) is 5.32 Å². The fraction of sp³-hybridized carbons (Fsp3) is 0.263. The van der Waals surface area contributed by atoms with Gasteiger partial charge in [0.2, 0.25) is 5.91 Å². The molecule has 0 heterocycles. The van der Waals surface area contributed by atoms with Crippen molar-refractivity contribution in [3.8, 4) is 5.75 Å². The fourth-order valence-corrected chi connectivity index (χ4v) is 2.16. The van der Waals surface area contributed by atoms with Crippen LogP contribution in [0.3, 0.4) is 0 Å². The summed E-state index contributed by atoms with van der Waals surface area (Å²) in [5, 5.41) is 5.43. The number of hydrogen-bond acceptors (Lipinski definition) is 3. The maximum atomic E-state index is 12.8. The SMILES string of the molecule is CCNC(=O)COc1ccc(NC(=O)CCc2ccc(F)cc2)cc1. The molecule has 0 bridgehead atoms. The highest BCUT2D eigenvalue weighted by Crippen LogP contribution is 2.16. The third-order valence-electron chi connectivity index (χ3n) is 3.44. The highest BCUT2D eigenvalue weighted by atomic mass is 19.1. The quantitative estimate of drug-likeness (QED) is 0.774. The van der Waals surface area contributed by atoms with Gasteiger partial charge in [-0.25, -0.2) is 4.39 Å². The van der Waals surface area contributed by atoms with E-state index in [2.05, 4.69) is 10.6 Å². The molecule has 0 unspecified atom stereocenters. The van der Waals surface area contributed by atoms with Gasteiger partial charge in [0.25, 0.3) is 5.91 Å². The maximum absolute atomic E-state index is 12.8. The highest BCUT2D eigenvalue weighted by Gasteiger charge is 2.05. The second-order valence-corrected chi connectivity index (χ2v) is 5.44. The third kappa shape index (κ3) is 6.63. The van der Waals surface area contributed by atoms with Crippen LogP contribution < -0.4 is 15.4 Å². The van der Waals surface area contributed by atoms with E-state index in [9.17, 15) is 14.0 Å². The average molecular weight is 344 g/mol. The number of amides is 2. The highest BCUT2D eigenvalue weighted by molar-refractivity contribution is 5.90. The van der Waals surface area contributed by atoms with Gasteiger partial charge in [0.05, 0.1) is 0 Å². The van der Waals surface area contributed by atoms with Crippen LogP contribution in [0.4, 0.5) is 10.1 Å². The van der Waals surface area contributed by atoms with Gasteiger partial charge < -0.3 is 15.4 Å². The maximum Gasteiger partial charge on any atom is 0.257 e. The summed E-state index contributed by atoms with van der Waals surface area (Å²) in [6.07, 6.45) is 0.848. The summed E-state index contributed by atoms with van der Waals surface area (Å²) in [5.41, 5.74) is 1.56. The van der Waals surface area contributed by atoms with Crippen LogP contribution in [0.25, 0.3) is 0 Å².